The van der Waals surface area contributed by atoms with Gasteiger partial charge >= 0.3 is 0 Å². The first-order valence-electron chi connectivity index (χ1n) is 10.6. The van der Waals surface area contributed by atoms with Gasteiger partial charge in [-0.25, -0.2) is 0 Å². The van der Waals surface area contributed by atoms with Crippen LogP contribution < -0.4 is 10.3 Å². The Hall–Kier alpha value is -3.14. The second-order valence-electron chi connectivity index (χ2n) is 8.27. The van der Waals surface area contributed by atoms with Crippen molar-refractivity contribution in [1.29, 1.82) is 0 Å². The van der Waals surface area contributed by atoms with Gasteiger partial charge in [-0.05, 0) is 60.0 Å². The fourth-order valence-corrected chi connectivity index (χ4v) is 5.57. The predicted octanol–water partition coefficient (Wildman–Crippen LogP) is 1.96. The molecule has 0 saturated carbocycles. The van der Waals surface area contributed by atoms with Gasteiger partial charge in [-0.15, -0.1) is 5.10 Å². The molecular formula is C22H24N6O3S. The molecule has 5 rings (SSSR count). The van der Waals surface area contributed by atoms with Crippen molar-refractivity contribution in [3.8, 4) is 11.4 Å². The Labute approximate surface area is 189 Å². The number of amides is 1. The van der Waals surface area contributed by atoms with Crippen molar-refractivity contribution in [2.45, 2.75) is 36.2 Å². The van der Waals surface area contributed by atoms with Crippen molar-refractivity contribution < 1.29 is 9.53 Å². The third-order valence-corrected chi connectivity index (χ3v) is 7.20. The van der Waals surface area contributed by atoms with Crippen LogP contribution in [0.25, 0.3) is 5.69 Å². The molecule has 2 aromatic heterocycles. The summed E-state index contributed by atoms with van der Waals surface area (Å²) in [5.41, 5.74) is 1.88. The Morgan fingerprint density at radius 1 is 1.16 bits per heavy atom. The van der Waals surface area contributed by atoms with Gasteiger partial charge in [0.25, 0.3) is 5.56 Å². The molecule has 0 radical (unpaired) electrons. The topological polar surface area (TPSA) is 95.1 Å². The molecule has 0 N–H and O–H groups in total. The molecule has 2 aliphatic heterocycles. The summed E-state index contributed by atoms with van der Waals surface area (Å²) < 4.78 is 8.71. The number of rotatable bonds is 5. The summed E-state index contributed by atoms with van der Waals surface area (Å²) in [5.74, 6) is 1.31. The number of benzene rings is 1. The van der Waals surface area contributed by atoms with Crippen LogP contribution >= 0.6 is 11.8 Å². The minimum Gasteiger partial charge on any atom is -0.497 e. The third kappa shape index (κ3) is 3.79. The highest BCUT2D eigenvalue weighted by molar-refractivity contribution is 8.00. The molecule has 10 heteroatoms. The first-order valence-corrected chi connectivity index (χ1v) is 11.5. The number of ether oxygens (including phenoxy) is 1. The Morgan fingerprint density at radius 3 is 2.75 bits per heavy atom. The van der Waals surface area contributed by atoms with Crippen LogP contribution in [0.15, 0.2) is 52.4 Å². The van der Waals surface area contributed by atoms with Crippen LogP contribution in [-0.2, 0) is 11.3 Å². The lowest BCUT2D eigenvalue weighted by molar-refractivity contribution is -0.133. The second-order valence-corrected chi connectivity index (χ2v) is 9.58. The van der Waals surface area contributed by atoms with Gasteiger partial charge in [-0.1, -0.05) is 17.8 Å². The average molecular weight is 453 g/mol. The number of nitrogens with zero attached hydrogens (tertiary/aromatic N) is 6. The average Bonchev–Trinajstić information content (AvgIpc) is 3.27. The second kappa shape index (κ2) is 8.42. The lowest BCUT2D eigenvalue weighted by Gasteiger charge is -2.43. The quantitative estimate of drug-likeness (QED) is 0.546. The molecule has 3 aromatic rings. The maximum absolute atomic E-state index is 13.3. The zero-order valence-corrected chi connectivity index (χ0v) is 18.7. The number of fused-ring (bicyclic) bond motifs is 4. The Balaban J connectivity index is 1.30. The number of carbonyl (C=O) groups is 1. The summed E-state index contributed by atoms with van der Waals surface area (Å²) in [6.07, 6.45) is 1.02. The van der Waals surface area contributed by atoms with Crippen molar-refractivity contribution in [3.63, 3.8) is 0 Å². The van der Waals surface area contributed by atoms with Crippen LogP contribution in [0.1, 0.15) is 25.0 Å². The zero-order valence-electron chi connectivity index (χ0n) is 17.9. The maximum Gasteiger partial charge on any atom is 0.250 e. The first-order chi connectivity index (χ1) is 15.5. The summed E-state index contributed by atoms with van der Waals surface area (Å²) in [6.45, 7) is 3.87. The highest BCUT2D eigenvalue weighted by atomic mass is 32.2. The van der Waals surface area contributed by atoms with E-state index in [1.54, 1.807) is 17.9 Å². The Bertz CT molecular complexity index is 1190. The smallest absolute Gasteiger partial charge is 0.250 e. The Kier molecular flexibility index (Phi) is 5.46. The van der Waals surface area contributed by atoms with Crippen LogP contribution in [0.5, 0.6) is 5.75 Å². The summed E-state index contributed by atoms with van der Waals surface area (Å²) in [4.78, 5) is 27.5. The molecule has 2 aliphatic rings. The molecule has 0 spiro atoms. The van der Waals surface area contributed by atoms with Gasteiger partial charge in [0.2, 0.25) is 11.1 Å². The number of likely N-dealkylation sites (tertiary alicyclic amines) is 1. The molecule has 166 valence electrons. The molecular weight excluding hydrogens is 428 g/mol. The summed E-state index contributed by atoms with van der Waals surface area (Å²) in [6, 6.07) is 12.9. The minimum absolute atomic E-state index is 0.0475. The van der Waals surface area contributed by atoms with E-state index in [9.17, 15) is 9.59 Å². The number of hydrogen-bond acceptors (Lipinski definition) is 7. The van der Waals surface area contributed by atoms with Gasteiger partial charge in [0.05, 0.1) is 18.0 Å². The van der Waals surface area contributed by atoms with Crippen molar-refractivity contribution in [1.82, 2.24) is 29.7 Å². The van der Waals surface area contributed by atoms with E-state index in [1.807, 2.05) is 52.8 Å². The van der Waals surface area contributed by atoms with Crippen molar-refractivity contribution in [3.05, 3.63) is 58.5 Å². The number of piperidine rings is 1. The summed E-state index contributed by atoms with van der Waals surface area (Å²) in [5, 5.41) is 12.2. The predicted molar refractivity (Wildman–Crippen MR) is 119 cm³/mol. The van der Waals surface area contributed by atoms with Crippen molar-refractivity contribution in [2.75, 3.05) is 20.2 Å². The fraction of sp³-hybridized carbons (Fsp3) is 0.409. The normalized spacial score (nSPS) is 20.5. The highest BCUT2D eigenvalue weighted by Gasteiger charge is 2.37. The SMILES string of the molecule is COc1ccc(-n2nnnc2SC(C)C(=O)N2CC3CC(C2)c2cccc(=O)n2C3)cc1. The van der Waals surface area contributed by atoms with E-state index in [-0.39, 0.29) is 22.6 Å². The van der Waals surface area contributed by atoms with Gasteiger partial charge in [0, 0.05) is 37.3 Å². The zero-order chi connectivity index (χ0) is 22.2. The summed E-state index contributed by atoms with van der Waals surface area (Å²) in [7, 11) is 1.62. The van der Waals surface area contributed by atoms with E-state index in [2.05, 4.69) is 15.5 Å². The van der Waals surface area contributed by atoms with Crippen LogP contribution in [0.3, 0.4) is 0 Å². The fourth-order valence-electron chi connectivity index (χ4n) is 4.68. The van der Waals surface area contributed by atoms with Gasteiger partial charge < -0.3 is 14.2 Å². The number of methoxy groups -OCH3 is 1. The van der Waals surface area contributed by atoms with Gasteiger partial charge in [0.15, 0.2) is 0 Å². The number of carbonyl (C=O) groups excluding carboxylic acids is 1. The molecule has 1 aromatic carbocycles. The van der Waals surface area contributed by atoms with Crippen LogP contribution in [0.4, 0.5) is 0 Å². The van der Waals surface area contributed by atoms with Gasteiger partial charge in [-0.3, -0.25) is 9.59 Å². The molecule has 1 fully saturated rings. The van der Waals surface area contributed by atoms with E-state index >= 15 is 0 Å². The van der Waals surface area contributed by atoms with E-state index in [0.29, 0.717) is 30.7 Å². The number of pyridine rings is 1. The standard InChI is InChI=1S/C22H24N6O3S/c1-14(32-22-23-24-25-28(22)17-6-8-18(31-2)9-7-17)21(30)26-11-15-10-16(13-26)19-4-3-5-20(29)27(19)12-15/h3-9,14-16H,10-13H2,1-2H3. The molecule has 0 aliphatic carbocycles. The largest absolute Gasteiger partial charge is 0.497 e. The van der Waals surface area contributed by atoms with Crippen LogP contribution in [0.2, 0.25) is 0 Å². The molecule has 1 amide bonds. The van der Waals surface area contributed by atoms with E-state index in [0.717, 1.165) is 23.6 Å². The minimum atomic E-state index is -0.338. The first kappa shape index (κ1) is 20.7. The van der Waals surface area contributed by atoms with Crippen molar-refractivity contribution in [2.24, 2.45) is 5.92 Å². The van der Waals surface area contributed by atoms with Crippen LogP contribution in [-0.4, -0.2) is 61.0 Å². The van der Waals surface area contributed by atoms with E-state index < -0.39 is 0 Å². The lowest BCUT2D eigenvalue weighted by Crippen LogP contribution is -2.50. The lowest BCUT2D eigenvalue weighted by atomic mass is 9.83. The molecule has 3 atom stereocenters. The number of tetrazole rings is 1. The monoisotopic (exact) mass is 452 g/mol. The van der Waals surface area contributed by atoms with E-state index in [4.69, 9.17) is 4.74 Å². The molecule has 2 bridgehead atoms. The number of aromatic nitrogens is 5. The number of thioether (sulfide) groups is 1. The highest BCUT2D eigenvalue weighted by Crippen LogP contribution is 2.36. The van der Waals surface area contributed by atoms with Gasteiger partial charge in [-0.2, -0.15) is 4.68 Å². The van der Waals surface area contributed by atoms with Crippen LogP contribution in [0, 0.1) is 5.92 Å². The van der Waals surface area contributed by atoms with Gasteiger partial charge in [0.1, 0.15) is 5.75 Å². The molecule has 9 nitrogen and oxygen atoms in total. The Morgan fingerprint density at radius 2 is 1.97 bits per heavy atom. The summed E-state index contributed by atoms with van der Waals surface area (Å²) >= 11 is 1.35. The molecule has 32 heavy (non-hydrogen) atoms. The third-order valence-electron chi connectivity index (χ3n) is 6.18. The number of hydrogen-bond donors (Lipinski definition) is 0. The van der Waals surface area contributed by atoms with Crippen molar-refractivity contribution >= 4 is 17.7 Å². The molecule has 4 heterocycles. The van der Waals surface area contributed by atoms with E-state index in [1.165, 1.54) is 11.8 Å². The molecule has 1 saturated heterocycles. The maximum atomic E-state index is 13.3. The molecule has 3 unspecified atom stereocenters.